The van der Waals surface area contributed by atoms with Gasteiger partial charge in [-0.2, -0.15) is 0 Å². The average Bonchev–Trinajstić information content (AvgIpc) is 2.64. The number of hydrogen-bond acceptors (Lipinski definition) is 3. The second kappa shape index (κ2) is 12.3. The molecule has 1 aromatic carbocycles. The molecule has 7 heteroatoms. The van der Waals surface area contributed by atoms with E-state index in [1.165, 1.54) is 31.5 Å². The highest BCUT2D eigenvalue weighted by Gasteiger charge is 2.18. The van der Waals surface area contributed by atoms with Crippen LogP contribution in [0.5, 0.6) is 5.75 Å². The Kier molecular flexibility index (Phi) is 10.9. The van der Waals surface area contributed by atoms with Crippen LogP contribution in [0.25, 0.3) is 0 Å². The predicted octanol–water partition coefficient (Wildman–Crippen LogP) is 3.11. The maximum absolute atomic E-state index is 12.9. The van der Waals surface area contributed by atoms with Crippen molar-refractivity contribution in [1.29, 1.82) is 0 Å². The van der Waals surface area contributed by atoms with Gasteiger partial charge in [0.2, 0.25) is 0 Å². The highest BCUT2D eigenvalue weighted by atomic mass is 127. The molecular weight excluding hydrogens is 446 g/mol. The molecule has 0 saturated carbocycles. The number of benzene rings is 1. The van der Waals surface area contributed by atoms with Crippen LogP contribution in [-0.2, 0) is 0 Å². The summed E-state index contributed by atoms with van der Waals surface area (Å²) < 4.78 is 18.7. The van der Waals surface area contributed by atoms with Gasteiger partial charge >= 0.3 is 0 Å². The third-order valence-electron chi connectivity index (χ3n) is 4.54. The van der Waals surface area contributed by atoms with Crippen LogP contribution in [0.4, 0.5) is 4.39 Å². The van der Waals surface area contributed by atoms with E-state index in [4.69, 9.17) is 4.74 Å². The first-order valence-corrected chi connectivity index (χ1v) is 9.19. The molecule has 2 unspecified atom stereocenters. The van der Waals surface area contributed by atoms with Gasteiger partial charge in [0.15, 0.2) is 5.96 Å². The molecule has 0 aromatic heterocycles. The number of halogens is 2. The maximum Gasteiger partial charge on any atom is 0.191 e. The van der Waals surface area contributed by atoms with Gasteiger partial charge in [0, 0.05) is 20.1 Å². The van der Waals surface area contributed by atoms with E-state index in [-0.39, 0.29) is 35.9 Å². The molecule has 0 bridgehead atoms. The largest absolute Gasteiger partial charge is 0.489 e. The normalized spacial score (nSPS) is 19.4. The minimum Gasteiger partial charge on any atom is -0.489 e. The third kappa shape index (κ3) is 8.07. The fraction of sp³-hybridized carbons (Fsp3) is 0.632. The lowest BCUT2D eigenvalue weighted by Gasteiger charge is -2.32. The van der Waals surface area contributed by atoms with E-state index in [0.29, 0.717) is 18.2 Å². The summed E-state index contributed by atoms with van der Waals surface area (Å²) in [5.41, 5.74) is 0. The van der Waals surface area contributed by atoms with Gasteiger partial charge in [-0.25, -0.2) is 4.39 Å². The second-order valence-corrected chi connectivity index (χ2v) is 6.62. The van der Waals surface area contributed by atoms with E-state index >= 15 is 0 Å². The molecule has 5 nitrogen and oxygen atoms in total. The minimum atomic E-state index is -0.257. The fourth-order valence-electron chi connectivity index (χ4n) is 3.09. The number of likely N-dealkylation sites (tertiary alicyclic amines) is 1. The Hall–Kier alpha value is -1.09. The van der Waals surface area contributed by atoms with Gasteiger partial charge in [-0.1, -0.05) is 6.92 Å². The molecule has 0 amide bonds. The van der Waals surface area contributed by atoms with E-state index in [2.05, 4.69) is 27.4 Å². The van der Waals surface area contributed by atoms with Crippen LogP contribution in [-0.4, -0.2) is 56.7 Å². The monoisotopic (exact) mass is 478 g/mol. The number of nitrogens with one attached hydrogen (secondary N) is 2. The summed E-state index contributed by atoms with van der Waals surface area (Å²) in [6.45, 7) is 9.26. The lowest BCUT2D eigenvalue weighted by Crippen LogP contribution is -2.46. The number of rotatable bonds is 7. The Morgan fingerprint density at radius 1 is 1.35 bits per heavy atom. The molecule has 2 atom stereocenters. The summed E-state index contributed by atoms with van der Waals surface area (Å²) in [6, 6.07) is 6.09. The minimum absolute atomic E-state index is 0. The van der Waals surface area contributed by atoms with Crippen LogP contribution in [0, 0.1) is 11.7 Å². The van der Waals surface area contributed by atoms with Gasteiger partial charge in [0.1, 0.15) is 17.7 Å². The van der Waals surface area contributed by atoms with Crippen LogP contribution < -0.4 is 15.4 Å². The smallest absolute Gasteiger partial charge is 0.191 e. The summed E-state index contributed by atoms with van der Waals surface area (Å²) in [4.78, 5) is 6.78. The summed E-state index contributed by atoms with van der Waals surface area (Å²) in [5.74, 6) is 1.87. The molecule has 2 rings (SSSR count). The second-order valence-electron chi connectivity index (χ2n) is 6.62. The van der Waals surface area contributed by atoms with Crippen molar-refractivity contribution in [3.8, 4) is 5.75 Å². The predicted molar refractivity (Wildman–Crippen MR) is 116 cm³/mol. The van der Waals surface area contributed by atoms with Gasteiger partial charge in [-0.3, -0.25) is 4.99 Å². The van der Waals surface area contributed by atoms with Crippen molar-refractivity contribution in [1.82, 2.24) is 15.5 Å². The first-order chi connectivity index (χ1) is 12.1. The van der Waals surface area contributed by atoms with E-state index in [9.17, 15) is 4.39 Å². The molecule has 1 aromatic rings. The zero-order valence-electron chi connectivity index (χ0n) is 16.0. The third-order valence-corrected chi connectivity index (χ3v) is 4.54. The Morgan fingerprint density at radius 3 is 2.73 bits per heavy atom. The van der Waals surface area contributed by atoms with E-state index in [0.717, 1.165) is 25.6 Å². The van der Waals surface area contributed by atoms with Gasteiger partial charge in [-0.05, 0) is 63.0 Å². The number of nitrogens with zero attached hydrogens (tertiary/aromatic N) is 2. The standard InChI is InChI=1S/C19H31FN4O.HI/c1-4-24-11-5-6-16(14-24)13-23-19(21-3)22-12-15(2)25-18-9-7-17(20)8-10-18;/h7-10,15-16H,4-6,11-14H2,1-3H3,(H2,21,22,23);1H. The molecule has 2 N–H and O–H groups in total. The molecular formula is C19H32FIN4O. The average molecular weight is 478 g/mol. The zero-order valence-corrected chi connectivity index (χ0v) is 18.3. The van der Waals surface area contributed by atoms with Crippen molar-refractivity contribution in [3.05, 3.63) is 30.1 Å². The number of hydrogen-bond donors (Lipinski definition) is 2. The van der Waals surface area contributed by atoms with Crippen molar-refractivity contribution < 1.29 is 9.13 Å². The number of ether oxygens (including phenoxy) is 1. The van der Waals surface area contributed by atoms with Gasteiger partial charge in [-0.15, -0.1) is 24.0 Å². The summed E-state index contributed by atoms with van der Waals surface area (Å²) in [7, 11) is 1.78. The van der Waals surface area contributed by atoms with Gasteiger partial charge in [0.25, 0.3) is 0 Å². The zero-order chi connectivity index (χ0) is 18.1. The first-order valence-electron chi connectivity index (χ1n) is 9.19. The molecule has 148 valence electrons. The lowest BCUT2D eigenvalue weighted by molar-refractivity contribution is 0.183. The van der Waals surface area contributed by atoms with Crippen molar-refractivity contribution in [2.75, 3.05) is 39.8 Å². The summed E-state index contributed by atoms with van der Waals surface area (Å²) in [5, 5.41) is 6.71. The Morgan fingerprint density at radius 2 is 2.08 bits per heavy atom. The first kappa shape index (κ1) is 23.0. The van der Waals surface area contributed by atoms with Crippen molar-refractivity contribution in [3.63, 3.8) is 0 Å². The van der Waals surface area contributed by atoms with Crippen LogP contribution in [0.3, 0.4) is 0 Å². The molecule has 0 aliphatic carbocycles. The van der Waals surface area contributed by atoms with Crippen molar-refractivity contribution >= 4 is 29.9 Å². The Balaban J connectivity index is 0.00000338. The fourth-order valence-corrected chi connectivity index (χ4v) is 3.09. The lowest BCUT2D eigenvalue weighted by atomic mass is 9.98. The van der Waals surface area contributed by atoms with E-state index < -0.39 is 0 Å². The quantitative estimate of drug-likeness (QED) is 0.359. The van der Waals surface area contributed by atoms with E-state index in [1.54, 1.807) is 19.2 Å². The highest BCUT2D eigenvalue weighted by molar-refractivity contribution is 14.0. The van der Waals surface area contributed by atoms with Crippen LogP contribution in [0.1, 0.15) is 26.7 Å². The molecule has 0 radical (unpaired) electrons. The molecule has 1 aliphatic heterocycles. The Labute approximate surface area is 173 Å². The maximum atomic E-state index is 12.9. The molecule has 26 heavy (non-hydrogen) atoms. The van der Waals surface area contributed by atoms with Crippen LogP contribution in [0.2, 0.25) is 0 Å². The summed E-state index contributed by atoms with van der Waals surface area (Å²) >= 11 is 0. The number of piperidine rings is 1. The van der Waals surface area contributed by atoms with Crippen molar-refractivity contribution in [2.45, 2.75) is 32.8 Å². The molecule has 1 heterocycles. The SMILES string of the molecule is CCN1CCCC(CNC(=NC)NCC(C)Oc2ccc(F)cc2)C1.I. The topological polar surface area (TPSA) is 48.9 Å². The van der Waals surface area contributed by atoms with Gasteiger partial charge in [0.05, 0.1) is 6.54 Å². The molecule has 0 spiro atoms. The summed E-state index contributed by atoms with van der Waals surface area (Å²) in [6.07, 6.45) is 2.49. The van der Waals surface area contributed by atoms with Crippen LogP contribution >= 0.6 is 24.0 Å². The number of aliphatic imine (C=N–C) groups is 1. The Bertz CT molecular complexity index is 541. The molecule has 1 saturated heterocycles. The van der Waals surface area contributed by atoms with E-state index in [1.807, 2.05) is 6.92 Å². The molecule has 1 aliphatic rings. The van der Waals surface area contributed by atoms with Crippen molar-refractivity contribution in [2.24, 2.45) is 10.9 Å². The highest BCUT2D eigenvalue weighted by Crippen LogP contribution is 2.15. The van der Waals surface area contributed by atoms with Gasteiger partial charge < -0.3 is 20.3 Å². The molecule has 1 fully saturated rings. The van der Waals surface area contributed by atoms with Crippen LogP contribution in [0.15, 0.2) is 29.3 Å². The number of guanidine groups is 1.